The molecule has 0 radical (unpaired) electrons. The van der Waals surface area contributed by atoms with Gasteiger partial charge in [-0.1, -0.05) is 48.2 Å². The predicted octanol–water partition coefficient (Wildman–Crippen LogP) is 3.52. The van der Waals surface area contributed by atoms with Crippen molar-refractivity contribution in [2.75, 3.05) is 12.9 Å². The van der Waals surface area contributed by atoms with Crippen molar-refractivity contribution in [1.82, 2.24) is 0 Å². The molecule has 2 aromatic rings. The highest BCUT2D eigenvalue weighted by molar-refractivity contribution is 8.13. The van der Waals surface area contributed by atoms with Crippen LogP contribution < -0.4 is 10.5 Å². The zero-order chi connectivity index (χ0) is 14.2. The largest absolute Gasteiger partial charge is 0.496 e. The summed E-state index contributed by atoms with van der Waals surface area (Å²) in [5.74, 6) is 1.90. The standard InChI is InChI=1S/C16H18N2OS/c1-16(9-10-20-15(17)18-16)13-8-7-11-5-3-4-6-12(11)14(13)19-2/h3-8H,9-10H2,1-2H3,(H2,17,18). The van der Waals surface area contributed by atoms with Gasteiger partial charge in [0.15, 0.2) is 5.17 Å². The van der Waals surface area contributed by atoms with Crippen LogP contribution in [0.4, 0.5) is 0 Å². The summed E-state index contributed by atoms with van der Waals surface area (Å²) in [4.78, 5) is 4.68. The fourth-order valence-electron chi connectivity index (χ4n) is 2.77. The number of nitrogens with two attached hydrogens (primary N) is 1. The summed E-state index contributed by atoms with van der Waals surface area (Å²) in [5, 5.41) is 2.97. The maximum Gasteiger partial charge on any atom is 0.154 e. The number of ether oxygens (including phenoxy) is 1. The first-order valence-corrected chi connectivity index (χ1v) is 7.67. The van der Waals surface area contributed by atoms with Crippen LogP contribution in [-0.4, -0.2) is 18.0 Å². The monoisotopic (exact) mass is 286 g/mol. The van der Waals surface area contributed by atoms with Gasteiger partial charge in [-0.25, -0.2) is 0 Å². The van der Waals surface area contributed by atoms with E-state index in [1.807, 2.05) is 12.1 Å². The smallest absolute Gasteiger partial charge is 0.154 e. The van der Waals surface area contributed by atoms with Gasteiger partial charge < -0.3 is 10.5 Å². The van der Waals surface area contributed by atoms with Gasteiger partial charge in [0.05, 0.1) is 12.6 Å². The summed E-state index contributed by atoms with van der Waals surface area (Å²) >= 11 is 1.62. The summed E-state index contributed by atoms with van der Waals surface area (Å²) in [6.07, 6.45) is 0.965. The second-order valence-electron chi connectivity index (χ2n) is 5.19. The van der Waals surface area contributed by atoms with E-state index in [9.17, 15) is 0 Å². The lowest BCUT2D eigenvalue weighted by atomic mass is 9.87. The minimum atomic E-state index is -0.301. The van der Waals surface area contributed by atoms with Gasteiger partial charge in [0.2, 0.25) is 0 Å². The summed E-state index contributed by atoms with van der Waals surface area (Å²) in [5.41, 5.74) is 6.74. The van der Waals surface area contributed by atoms with Gasteiger partial charge in [0.1, 0.15) is 5.75 Å². The third-order valence-electron chi connectivity index (χ3n) is 3.86. The van der Waals surface area contributed by atoms with Crippen LogP contribution in [0.15, 0.2) is 41.4 Å². The number of thioether (sulfide) groups is 1. The number of hydrogen-bond acceptors (Lipinski definition) is 4. The molecule has 0 amide bonds. The van der Waals surface area contributed by atoms with E-state index in [-0.39, 0.29) is 5.54 Å². The molecule has 1 heterocycles. The van der Waals surface area contributed by atoms with Crippen molar-refractivity contribution in [3.05, 3.63) is 42.0 Å². The van der Waals surface area contributed by atoms with Gasteiger partial charge in [0.25, 0.3) is 0 Å². The Morgan fingerprint density at radius 2 is 2.05 bits per heavy atom. The lowest BCUT2D eigenvalue weighted by Crippen LogP contribution is -2.29. The van der Waals surface area contributed by atoms with Crippen molar-refractivity contribution in [2.45, 2.75) is 18.9 Å². The van der Waals surface area contributed by atoms with Crippen LogP contribution in [0.5, 0.6) is 5.75 Å². The van der Waals surface area contributed by atoms with Crippen molar-refractivity contribution < 1.29 is 4.74 Å². The highest BCUT2D eigenvalue weighted by atomic mass is 32.2. The first-order chi connectivity index (χ1) is 9.64. The average Bonchev–Trinajstić information content (AvgIpc) is 2.45. The van der Waals surface area contributed by atoms with Crippen molar-refractivity contribution in [3.8, 4) is 5.75 Å². The first kappa shape index (κ1) is 13.3. The number of benzene rings is 2. The Hall–Kier alpha value is -1.68. The number of nitrogens with zero attached hydrogens (tertiary/aromatic N) is 1. The van der Waals surface area contributed by atoms with Gasteiger partial charge in [-0.3, -0.25) is 4.99 Å². The zero-order valence-electron chi connectivity index (χ0n) is 11.7. The Labute approximate surface area is 123 Å². The van der Waals surface area contributed by atoms with Crippen LogP contribution in [0.2, 0.25) is 0 Å². The molecule has 2 aromatic carbocycles. The Kier molecular flexibility index (Phi) is 3.34. The number of aliphatic imine (C=N–C) groups is 1. The van der Waals surface area contributed by atoms with E-state index in [0.29, 0.717) is 5.17 Å². The maximum atomic E-state index is 5.92. The van der Waals surface area contributed by atoms with E-state index < -0.39 is 0 Å². The molecule has 0 aliphatic carbocycles. The predicted molar refractivity (Wildman–Crippen MR) is 86.5 cm³/mol. The molecule has 104 valence electrons. The fraction of sp³-hybridized carbons (Fsp3) is 0.312. The molecule has 1 aliphatic heterocycles. The van der Waals surface area contributed by atoms with Gasteiger partial charge in [0, 0.05) is 16.7 Å². The fourth-order valence-corrected chi connectivity index (χ4v) is 3.74. The molecule has 4 heteroatoms. The SMILES string of the molecule is COc1c(C2(C)CCSC(N)=N2)ccc2ccccc12. The summed E-state index contributed by atoms with van der Waals surface area (Å²) < 4.78 is 5.70. The van der Waals surface area contributed by atoms with Gasteiger partial charge in [-0.05, 0) is 18.7 Å². The lowest BCUT2D eigenvalue weighted by molar-refractivity contribution is 0.389. The molecule has 1 aliphatic rings. The van der Waals surface area contributed by atoms with Crippen LogP contribution in [0, 0.1) is 0 Å². The van der Waals surface area contributed by atoms with Crippen molar-refractivity contribution in [2.24, 2.45) is 10.7 Å². The van der Waals surface area contributed by atoms with Gasteiger partial charge in [-0.2, -0.15) is 0 Å². The van der Waals surface area contributed by atoms with E-state index in [0.717, 1.165) is 28.9 Å². The molecule has 0 saturated heterocycles. The Morgan fingerprint density at radius 1 is 1.25 bits per heavy atom. The average molecular weight is 286 g/mol. The molecule has 3 rings (SSSR count). The molecule has 0 fully saturated rings. The van der Waals surface area contributed by atoms with E-state index >= 15 is 0 Å². The van der Waals surface area contributed by atoms with Gasteiger partial charge in [-0.15, -0.1) is 0 Å². The molecule has 0 bridgehead atoms. The third kappa shape index (κ3) is 2.14. The van der Waals surface area contributed by atoms with Crippen LogP contribution >= 0.6 is 11.8 Å². The molecule has 2 N–H and O–H groups in total. The number of methoxy groups -OCH3 is 1. The van der Waals surface area contributed by atoms with Crippen LogP contribution in [0.25, 0.3) is 10.8 Å². The van der Waals surface area contributed by atoms with Crippen LogP contribution in [-0.2, 0) is 5.54 Å². The van der Waals surface area contributed by atoms with E-state index in [4.69, 9.17) is 10.5 Å². The van der Waals surface area contributed by atoms with E-state index in [1.165, 1.54) is 5.39 Å². The minimum Gasteiger partial charge on any atom is -0.496 e. The number of amidine groups is 1. The molecule has 3 nitrogen and oxygen atoms in total. The quantitative estimate of drug-likeness (QED) is 0.919. The highest BCUT2D eigenvalue weighted by Crippen LogP contribution is 2.42. The van der Waals surface area contributed by atoms with E-state index in [1.54, 1.807) is 18.9 Å². The Balaban J connectivity index is 2.23. The van der Waals surface area contributed by atoms with Gasteiger partial charge >= 0.3 is 0 Å². The molecule has 1 unspecified atom stereocenters. The minimum absolute atomic E-state index is 0.301. The zero-order valence-corrected chi connectivity index (χ0v) is 12.5. The Bertz CT molecular complexity index is 683. The molecular formula is C16H18N2OS. The summed E-state index contributed by atoms with van der Waals surface area (Å²) in [6, 6.07) is 12.5. The number of hydrogen-bond donors (Lipinski definition) is 1. The lowest BCUT2D eigenvalue weighted by Gasteiger charge is -2.31. The van der Waals surface area contributed by atoms with Crippen molar-refractivity contribution >= 4 is 27.7 Å². The first-order valence-electron chi connectivity index (χ1n) is 6.68. The second-order valence-corrected chi connectivity index (χ2v) is 6.31. The molecule has 0 spiro atoms. The van der Waals surface area contributed by atoms with Crippen molar-refractivity contribution in [1.29, 1.82) is 0 Å². The summed E-state index contributed by atoms with van der Waals surface area (Å²) in [6.45, 7) is 2.13. The molecule has 0 aromatic heterocycles. The maximum absolute atomic E-state index is 5.92. The van der Waals surface area contributed by atoms with E-state index in [2.05, 4.69) is 36.2 Å². The molecular weight excluding hydrogens is 268 g/mol. The van der Waals surface area contributed by atoms with Crippen LogP contribution in [0.1, 0.15) is 18.9 Å². The Morgan fingerprint density at radius 3 is 2.80 bits per heavy atom. The molecule has 0 saturated carbocycles. The van der Waals surface area contributed by atoms with Crippen molar-refractivity contribution in [3.63, 3.8) is 0 Å². The van der Waals surface area contributed by atoms with Crippen LogP contribution in [0.3, 0.4) is 0 Å². The molecule has 20 heavy (non-hydrogen) atoms. The highest BCUT2D eigenvalue weighted by Gasteiger charge is 2.32. The number of fused-ring (bicyclic) bond motifs is 1. The summed E-state index contributed by atoms with van der Waals surface area (Å²) in [7, 11) is 1.72. The third-order valence-corrected chi connectivity index (χ3v) is 4.66. The second kappa shape index (κ2) is 5.02. The normalized spacial score (nSPS) is 22.6. The molecule has 1 atom stereocenters. The topological polar surface area (TPSA) is 47.6 Å². The number of rotatable bonds is 2.